The number of nitrogen functional groups attached to an aromatic ring is 1. The summed E-state index contributed by atoms with van der Waals surface area (Å²) in [7, 11) is 0. The van der Waals surface area contributed by atoms with E-state index >= 15 is 0 Å². The van der Waals surface area contributed by atoms with Crippen LogP contribution in [0.5, 0.6) is 5.75 Å². The van der Waals surface area contributed by atoms with Crippen molar-refractivity contribution >= 4 is 11.7 Å². The van der Waals surface area contributed by atoms with Crippen LogP contribution in [-0.4, -0.2) is 5.97 Å². The number of rotatable bonds is 1. The number of esters is 1. The molecule has 0 aliphatic carbocycles. The fraction of sp³-hybridized carbons (Fsp3) is 0.222. The number of benzene rings is 1. The van der Waals surface area contributed by atoms with Crippen molar-refractivity contribution in [2.45, 2.75) is 13.8 Å². The van der Waals surface area contributed by atoms with Crippen molar-refractivity contribution in [1.29, 1.82) is 0 Å². The van der Waals surface area contributed by atoms with E-state index in [0.29, 0.717) is 11.4 Å². The van der Waals surface area contributed by atoms with E-state index in [2.05, 4.69) is 0 Å². The van der Waals surface area contributed by atoms with E-state index in [1.54, 1.807) is 18.2 Å². The molecule has 0 atom stereocenters. The molecule has 3 heteroatoms. The monoisotopic (exact) mass is 165 g/mol. The van der Waals surface area contributed by atoms with Crippen molar-refractivity contribution in [3.8, 4) is 5.75 Å². The highest BCUT2D eigenvalue weighted by Gasteiger charge is 2.01. The van der Waals surface area contributed by atoms with Crippen molar-refractivity contribution in [1.82, 2.24) is 0 Å². The van der Waals surface area contributed by atoms with Crippen LogP contribution in [0.4, 0.5) is 5.69 Å². The number of carbonyl (C=O) groups is 1. The molecule has 1 aromatic rings. The summed E-state index contributed by atoms with van der Waals surface area (Å²) >= 11 is 0. The third-order valence-corrected chi connectivity index (χ3v) is 1.45. The number of nitrogens with two attached hydrogens (primary N) is 1. The van der Waals surface area contributed by atoms with Gasteiger partial charge in [0.2, 0.25) is 0 Å². The zero-order valence-electron chi connectivity index (χ0n) is 7.13. The lowest BCUT2D eigenvalue weighted by atomic mass is 10.2. The Hall–Kier alpha value is -1.51. The molecule has 64 valence electrons. The molecular weight excluding hydrogens is 154 g/mol. The highest BCUT2D eigenvalue weighted by Crippen LogP contribution is 2.19. The minimum atomic E-state index is -0.317. The van der Waals surface area contributed by atoms with Gasteiger partial charge in [-0.3, -0.25) is 4.79 Å². The zero-order valence-corrected chi connectivity index (χ0v) is 7.13. The highest BCUT2D eigenvalue weighted by atomic mass is 16.5. The smallest absolute Gasteiger partial charge is 0.308 e. The first kappa shape index (κ1) is 8.59. The predicted molar refractivity (Wildman–Crippen MR) is 46.9 cm³/mol. The number of hydrogen-bond donors (Lipinski definition) is 1. The summed E-state index contributed by atoms with van der Waals surface area (Å²) in [4.78, 5) is 10.6. The quantitative estimate of drug-likeness (QED) is 0.390. The minimum absolute atomic E-state index is 0.317. The van der Waals surface area contributed by atoms with Gasteiger partial charge >= 0.3 is 5.97 Å². The van der Waals surface area contributed by atoms with Crippen LogP contribution in [0, 0.1) is 6.92 Å². The van der Waals surface area contributed by atoms with Gasteiger partial charge in [-0.2, -0.15) is 0 Å². The second-order valence-electron chi connectivity index (χ2n) is 2.62. The molecule has 3 nitrogen and oxygen atoms in total. The SMILES string of the molecule is CC(=O)Oc1ccc(N)cc1C. The molecule has 12 heavy (non-hydrogen) atoms. The Morgan fingerprint density at radius 1 is 1.50 bits per heavy atom. The molecule has 0 radical (unpaired) electrons. The van der Waals surface area contributed by atoms with E-state index in [9.17, 15) is 4.79 Å². The molecule has 0 aliphatic heterocycles. The van der Waals surface area contributed by atoms with Crippen molar-refractivity contribution < 1.29 is 9.53 Å². The molecule has 0 heterocycles. The van der Waals surface area contributed by atoms with Crippen molar-refractivity contribution in [3.63, 3.8) is 0 Å². The van der Waals surface area contributed by atoms with Crippen LogP contribution in [0.25, 0.3) is 0 Å². The average molecular weight is 165 g/mol. The van der Waals surface area contributed by atoms with Gasteiger partial charge in [0.15, 0.2) is 0 Å². The molecule has 0 saturated heterocycles. The Labute approximate surface area is 71.1 Å². The highest BCUT2D eigenvalue weighted by molar-refractivity contribution is 5.70. The summed E-state index contributed by atoms with van der Waals surface area (Å²) in [6.07, 6.45) is 0. The molecule has 0 fully saturated rings. The summed E-state index contributed by atoms with van der Waals surface area (Å²) < 4.78 is 4.91. The van der Waals surface area contributed by atoms with Crippen LogP contribution in [0.2, 0.25) is 0 Å². The lowest BCUT2D eigenvalue weighted by molar-refractivity contribution is -0.131. The second-order valence-corrected chi connectivity index (χ2v) is 2.62. The number of ether oxygens (including phenoxy) is 1. The number of carbonyl (C=O) groups excluding carboxylic acids is 1. The standard InChI is InChI=1S/C9H11NO2/c1-6-5-8(10)3-4-9(6)12-7(2)11/h3-5H,10H2,1-2H3. The molecule has 0 unspecified atom stereocenters. The van der Waals surface area contributed by atoms with Crippen molar-refractivity contribution in [2.24, 2.45) is 0 Å². The van der Waals surface area contributed by atoms with Crippen LogP contribution < -0.4 is 10.5 Å². The van der Waals surface area contributed by atoms with Gasteiger partial charge in [0.25, 0.3) is 0 Å². The van der Waals surface area contributed by atoms with Crippen LogP contribution >= 0.6 is 0 Å². The molecule has 1 rings (SSSR count). The van der Waals surface area contributed by atoms with Gasteiger partial charge < -0.3 is 10.5 Å². The minimum Gasteiger partial charge on any atom is -0.426 e. The van der Waals surface area contributed by atoms with Gasteiger partial charge in [-0.25, -0.2) is 0 Å². The average Bonchev–Trinajstić information content (AvgIpc) is 1.94. The Kier molecular flexibility index (Phi) is 2.33. The van der Waals surface area contributed by atoms with Gasteiger partial charge in [-0.05, 0) is 30.7 Å². The maximum atomic E-state index is 10.6. The summed E-state index contributed by atoms with van der Waals surface area (Å²) in [5, 5.41) is 0. The zero-order chi connectivity index (χ0) is 9.14. The Bertz CT molecular complexity index is 307. The molecule has 0 amide bonds. The molecule has 0 bridgehead atoms. The van der Waals surface area contributed by atoms with E-state index in [-0.39, 0.29) is 5.97 Å². The van der Waals surface area contributed by atoms with Crippen molar-refractivity contribution in [3.05, 3.63) is 23.8 Å². The fourth-order valence-electron chi connectivity index (χ4n) is 0.942. The Morgan fingerprint density at radius 2 is 2.17 bits per heavy atom. The maximum absolute atomic E-state index is 10.6. The van der Waals surface area contributed by atoms with Crippen LogP contribution in [0.3, 0.4) is 0 Å². The first-order chi connectivity index (χ1) is 5.59. The van der Waals surface area contributed by atoms with Crippen LogP contribution in [0.1, 0.15) is 12.5 Å². The van der Waals surface area contributed by atoms with Gasteiger partial charge in [0.05, 0.1) is 0 Å². The molecule has 0 saturated carbocycles. The summed E-state index contributed by atoms with van der Waals surface area (Å²) in [5.74, 6) is 0.250. The largest absolute Gasteiger partial charge is 0.426 e. The Balaban J connectivity index is 2.93. The van der Waals surface area contributed by atoms with Crippen LogP contribution in [-0.2, 0) is 4.79 Å². The number of hydrogen-bond acceptors (Lipinski definition) is 3. The van der Waals surface area contributed by atoms with Gasteiger partial charge in [-0.15, -0.1) is 0 Å². The molecule has 0 aromatic heterocycles. The van der Waals surface area contributed by atoms with E-state index in [1.807, 2.05) is 6.92 Å². The third-order valence-electron chi connectivity index (χ3n) is 1.45. The first-order valence-corrected chi connectivity index (χ1v) is 3.64. The summed E-state index contributed by atoms with van der Waals surface area (Å²) in [6.45, 7) is 3.21. The summed E-state index contributed by atoms with van der Waals surface area (Å²) in [6, 6.07) is 5.15. The molecule has 1 aromatic carbocycles. The third kappa shape index (κ3) is 1.99. The summed E-state index contributed by atoms with van der Waals surface area (Å²) in [5.41, 5.74) is 7.05. The predicted octanol–water partition coefficient (Wildman–Crippen LogP) is 1.50. The Morgan fingerprint density at radius 3 is 2.67 bits per heavy atom. The molecular formula is C9H11NO2. The lowest BCUT2D eigenvalue weighted by Crippen LogP contribution is -2.02. The van der Waals surface area contributed by atoms with Crippen LogP contribution in [0.15, 0.2) is 18.2 Å². The maximum Gasteiger partial charge on any atom is 0.308 e. The molecule has 2 N–H and O–H groups in total. The van der Waals surface area contributed by atoms with E-state index in [0.717, 1.165) is 5.56 Å². The lowest BCUT2D eigenvalue weighted by Gasteiger charge is -2.04. The number of anilines is 1. The topological polar surface area (TPSA) is 52.3 Å². The van der Waals surface area contributed by atoms with Crippen molar-refractivity contribution in [2.75, 3.05) is 5.73 Å². The van der Waals surface area contributed by atoms with E-state index in [4.69, 9.17) is 10.5 Å². The van der Waals surface area contributed by atoms with Gasteiger partial charge in [-0.1, -0.05) is 0 Å². The fourth-order valence-corrected chi connectivity index (χ4v) is 0.942. The normalized spacial score (nSPS) is 9.50. The van der Waals surface area contributed by atoms with Gasteiger partial charge in [0, 0.05) is 12.6 Å². The first-order valence-electron chi connectivity index (χ1n) is 3.64. The van der Waals surface area contributed by atoms with E-state index in [1.165, 1.54) is 6.92 Å². The molecule has 0 aliphatic rings. The number of aryl methyl sites for hydroxylation is 1. The van der Waals surface area contributed by atoms with Gasteiger partial charge in [0.1, 0.15) is 5.75 Å². The molecule has 0 spiro atoms. The second kappa shape index (κ2) is 3.26. The van der Waals surface area contributed by atoms with E-state index < -0.39 is 0 Å².